The van der Waals surface area contributed by atoms with Crippen molar-refractivity contribution in [1.82, 2.24) is 4.98 Å². The number of rotatable bonds is 3. The molecule has 0 aliphatic carbocycles. The van der Waals surface area contributed by atoms with Crippen molar-refractivity contribution < 1.29 is 9.21 Å². The molecule has 16 heavy (non-hydrogen) atoms. The van der Waals surface area contributed by atoms with Gasteiger partial charge in [0.25, 0.3) is 0 Å². The third-order valence-electron chi connectivity index (χ3n) is 2.54. The molecular weight excluding hydrogens is 206 g/mol. The Morgan fingerprint density at radius 3 is 2.81 bits per heavy atom. The first-order chi connectivity index (χ1) is 7.61. The fourth-order valence-corrected chi connectivity index (χ4v) is 1.79. The van der Waals surface area contributed by atoms with Crippen LogP contribution in [0.15, 0.2) is 21.3 Å². The predicted octanol–water partition coefficient (Wildman–Crippen LogP) is 2.28. The third-order valence-corrected chi connectivity index (χ3v) is 2.54. The molecule has 0 saturated carbocycles. The molecule has 0 aliphatic heterocycles. The van der Waals surface area contributed by atoms with Gasteiger partial charge < -0.3 is 4.42 Å². The quantitative estimate of drug-likeness (QED) is 0.805. The molecule has 1 aromatic carbocycles. The van der Waals surface area contributed by atoms with Gasteiger partial charge >= 0.3 is 5.76 Å². The number of oxazole rings is 1. The Bertz CT molecular complexity index is 592. The minimum absolute atomic E-state index is 0.0249. The van der Waals surface area contributed by atoms with E-state index in [1.807, 2.05) is 13.0 Å². The summed E-state index contributed by atoms with van der Waals surface area (Å²) >= 11 is 0. The van der Waals surface area contributed by atoms with Crippen molar-refractivity contribution in [3.8, 4) is 0 Å². The first-order valence-electron chi connectivity index (χ1n) is 5.28. The van der Waals surface area contributed by atoms with Gasteiger partial charge in [-0.15, -0.1) is 0 Å². The number of aromatic nitrogens is 1. The first-order valence-corrected chi connectivity index (χ1v) is 5.28. The van der Waals surface area contributed by atoms with E-state index in [4.69, 9.17) is 4.42 Å². The zero-order chi connectivity index (χ0) is 11.7. The maximum Gasteiger partial charge on any atom is 0.417 e. The second-order valence-electron chi connectivity index (χ2n) is 3.83. The van der Waals surface area contributed by atoms with Gasteiger partial charge in [0.15, 0.2) is 11.4 Å². The van der Waals surface area contributed by atoms with Crippen molar-refractivity contribution in [2.75, 3.05) is 0 Å². The van der Waals surface area contributed by atoms with Crippen molar-refractivity contribution in [2.45, 2.75) is 26.7 Å². The molecule has 0 saturated heterocycles. The predicted molar refractivity (Wildman–Crippen MR) is 60.8 cm³/mol. The Hall–Kier alpha value is -1.84. The number of ketones is 1. The van der Waals surface area contributed by atoms with Crippen molar-refractivity contribution >= 4 is 16.9 Å². The van der Waals surface area contributed by atoms with E-state index in [0.717, 1.165) is 18.4 Å². The summed E-state index contributed by atoms with van der Waals surface area (Å²) < 4.78 is 4.98. The molecule has 84 valence electrons. The highest BCUT2D eigenvalue weighted by Crippen LogP contribution is 2.20. The highest BCUT2D eigenvalue weighted by molar-refractivity contribution is 5.97. The lowest BCUT2D eigenvalue weighted by Gasteiger charge is -2.02. The van der Waals surface area contributed by atoms with Crippen LogP contribution >= 0.6 is 0 Å². The first kappa shape index (κ1) is 10.7. The van der Waals surface area contributed by atoms with E-state index in [9.17, 15) is 9.59 Å². The molecule has 0 bridgehead atoms. The van der Waals surface area contributed by atoms with Gasteiger partial charge in [-0.05, 0) is 31.0 Å². The number of hydrogen-bond acceptors (Lipinski definition) is 3. The standard InChI is InChI=1S/C12H13NO3/c1-3-4-8-5-9(7(2)14)6-10-11(8)13-12(15)16-10/h5-6H,3-4H2,1-2H3,(H,13,15). The van der Waals surface area contributed by atoms with Crippen molar-refractivity contribution in [1.29, 1.82) is 0 Å². The number of fused-ring (bicyclic) bond motifs is 1. The van der Waals surface area contributed by atoms with E-state index in [1.54, 1.807) is 6.07 Å². The van der Waals surface area contributed by atoms with Crippen LogP contribution in [0.1, 0.15) is 36.2 Å². The van der Waals surface area contributed by atoms with E-state index in [1.165, 1.54) is 6.92 Å². The summed E-state index contributed by atoms with van der Waals surface area (Å²) in [5.74, 6) is -0.504. The molecular formula is C12H13NO3. The molecule has 0 spiro atoms. The van der Waals surface area contributed by atoms with Gasteiger partial charge in [0.2, 0.25) is 0 Å². The van der Waals surface area contributed by atoms with Crippen LogP contribution in [0.25, 0.3) is 11.1 Å². The van der Waals surface area contributed by atoms with Gasteiger partial charge in [-0.1, -0.05) is 13.3 Å². The Kier molecular flexibility index (Phi) is 2.64. The van der Waals surface area contributed by atoms with E-state index in [0.29, 0.717) is 16.7 Å². The number of carbonyl (C=O) groups is 1. The fraction of sp³-hybridized carbons (Fsp3) is 0.333. The number of benzene rings is 1. The van der Waals surface area contributed by atoms with Gasteiger partial charge in [-0.25, -0.2) is 4.79 Å². The number of carbonyl (C=O) groups excluding carboxylic acids is 1. The summed E-state index contributed by atoms with van der Waals surface area (Å²) in [6.45, 7) is 3.55. The van der Waals surface area contributed by atoms with Crippen LogP contribution in [0, 0.1) is 0 Å². The third kappa shape index (κ3) is 1.78. The molecule has 4 nitrogen and oxygen atoms in total. The monoisotopic (exact) mass is 219 g/mol. The molecule has 1 N–H and O–H groups in total. The molecule has 2 aromatic rings. The average molecular weight is 219 g/mol. The summed E-state index contributed by atoms with van der Waals surface area (Å²) in [5.41, 5.74) is 2.70. The molecule has 0 unspecified atom stereocenters. The van der Waals surface area contributed by atoms with Crippen molar-refractivity contribution in [3.63, 3.8) is 0 Å². The Morgan fingerprint density at radius 1 is 1.44 bits per heavy atom. The van der Waals surface area contributed by atoms with Crippen LogP contribution in [-0.4, -0.2) is 10.8 Å². The fourth-order valence-electron chi connectivity index (χ4n) is 1.79. The highest BCUT2D eigenvalue weighted by Gasteiger charge is 2.10. The summed E-state index contributed by atoms with van der Waals surface area (Å²) in [6, 6.07) is 3.42. The summed E-state index contributed by atoms with van der Waals surface area (Å²) in [7, 11) is 0. The van der Waals surface area contributed by atoms with Crippen molar-refractivity contribution in [2.24, 2.45) is 0 Å². The SMILES string of the molecule is CCCc1cc(C(C)=O)cc2oc(=O)[nH]c12. The van der Waals surface area contributed by atoms with Gasteiger partial charge in [0, 0.05) is 5.56 Å². The largest absolute Gasteiger partial charge is 0.417 e. The van der Waals surface area contributed by atoms with E-state index in [2.05, 4.69) is 4.98 Å². The molecule has 0 aliphatic rings. The normalized spacial score (nSPS) is 10.9. The molecule has 0 fully saturated rings. The van der Waals surface area contributed by atoms with Crippen LogP contribution < -0.4 is 5.76 Å². The maximum absolute atomic E-state index is 11.3. The lowest BCUT2D eigenvalue weighted by molar-refractivity contribution is 0.101. The Morgan fingerprint density at radius 2 is 2.19 bits per heavy atom. The second kappa shape index (κ2) is 3.96. The minimum atomic E-state index is -0.479. The van der Waals surface area contributed by atoms with Crippen LogP contribution in [0.3, 0.4) is 0 Å². The zero-order valence-electron chi connectivity index (χ0n) is 9.29. The molecule has 2 rings (SSSR count). The Balaban J connectivity index is 2.72. The van der Waals surface area contributed by atoms with Crippen molar-refractivity contribution in [3.05, 3.63) is 33.8 Å². The summed E-state index contributed by atoms with van der Waals surface area (Å²) in [6.07, 6.45) is 1.76. The highest BCUT2D eigenvalue weighted by atomic mass is 16.4. The summed E-state index contributed by atoms with van der Waals surface area (Å²) in [4.78, 5) is 25.1. The summed E-state index contributed by atoms with van der Waals surface area (Å²) in [5, 5.41) is 0. The number of aryl methyl sites for hydroxylation is 1. The number of nitrogens with one attached hydrogen (secondary N) is 1. The number of H-pyrrole nitrogens is 1. The van der Waals surface area contributed by atoms with Crippen LogP contribution in [0.5, 0.6) is 0 Å². The molecule has 4 heteroatoms. The zero-order valence-corrected chi connectivity index (χ0v) is 9.29. The lowest BCUT2D eigenvalue weighted by Crippen LogP contribution is -1.96. The average Bonchev–Trinajstić information content (AvgIpc) is 2.58. The number of hydrogen-bond donors (Lipinski definition) is 1. The van der Waals surface area contributed by atoms with Gasteiger partial charge in [-0.2, -0.15) is 0 Å². The maximum atomic E-state index is 11.3. The van der Waals surface area contributed by atoms with Gasteiger partial charge in [0.05, 0.1) is 5.52 Å². The van der Waals surface area contributed by atoms with Gasteiger partial charge in [0.1, 0.15) is 0 Å². The number of aromatic amines is 1. The second-order valence-corrected chi connectivity index (χ2v) is 3.83. The van der Waals surface area contributed by atoms with E-state index >= 15 is 0 Å². The van der Waals surface area contributed by atoms with Crippen LogP contribution in [0.2, 0.25) is 0 Å². The minimum Gasteiger partial charge on any atom is -0.408 e. The number of Topliss-reactive ketones (excluding diaryl/α,β-unsaturated/α-hetero) is 1. The van der Waals surface area contributed by atoms with E-state index < -0.39 is 5.76 Å². The van der Waals surface area contributed by atoms with E-state index in [-0.39, 0.29) is 5.78 Å². The topological polar surface area (TPSA) is 63.1 Å². The van der Waals surface area contributed by atoms with Crippen LogP contribution in [0.4, 0.5) is 0 Å². The Labute approximate surface area is 92.3 Å². The lowest BCUT2D eigenvalue weighted by atomic mass is 10.0. The molecule has 0 atom stereocenters. The molecule has 0 amide bonds. The molecule has 0 radical (unpaired) electrons. The van der Waals surface area contributed by atoms with Crippen LogP contribution in [-0.2, 0) is 6.42 Å². The van der Waals surface area contributed by atoms with Gasteiger partial charge in [-0.3, -0.25) is 9.78 Å². The smallest absolute Gasteiger partial charge is 0.408 e. The molecule has 1 heterocycles. The molecule has 1 aromatic heterocycles.